The van der Waals surface area contributed by atoms with Crippen LogP contribution in [0, 0.1) is 0 Å². The number of para-hydroxylation sites is 1. The average molecular weight is 319 g/mol. The Morgan fingerprint density at radius 2 is 1.83 bits per heavy atom. The minimum Gasteiger partial charge on any atom is -0.408 e. The van der Waals surface area contributed by atoms with E-state index in [0.717, 1.165) is 11.4 Å². The van der Waals surface area contributed by atoms with Gasteiger partial charge in [0, 0.05) is 17.6 Å². The standard InChI is InChI=1S/C17H13N5O2/c23-17-21-13-10-12(6-7-14(13)24-17)19-15-8-9-18-16(22-15)20-11-4-2-1-3-5-11/h1-10H,(H,21,23)(H2,18,19,20,22). The summed E-state index contributed by atoms with van der Waals surface area (Å²) in [5.74, 6) is 0.649. The van der Waals surface area contributed by atoms with E-state index in [-0.39, 0.29) is 0 Å². The van der Waals surface area contributed by atoms with Gasteiger partial charge in [0.1, 0.15) is 5.82 Å². The number of nitrogens with one attached hydrogen (secondary N) is 3. The van der Waals surface area contributed by atoms with Crippen LogP contribution in [0.1, 0.15) is 0 Å². The molecule has 0 saturated heterocycles. The van der Waals surface area contributed by atoms with Crippen LogP contribution in [0.2, 0.25) is 0 Å². The van der Waals surface area contributed by atoms with E-state index in [9.17, 15) is 4.79 Å². The van der Waals surface area contributed by atoms with E-state index >= 15 is 0 Å². The van der Waals surface area contributed by atoms with Gasteiger partial charge in [-0.2, -0.15) is 4.98 Å². The minimum absolute atomic E-state index is 0.474. The van der Waals surface area contributed by atoms with Gasteiger partial charge in [-0.15, -0.1) is 0 Å². The van der Waals surface area contributed by atoms with Crippen LogP contribution >= 0.6 is 0 Å². The molecule has 0 aliphatic heterocycles. The molecule has 24 heavy (non-hydrogen) atoms. The fourth-order valence-corrected chi connectivity index (χ4v) is 2.32. The van der Waals surface area contributed by atoms with E-state index in [0.29, 0.717) is 22.9 Å². The number of aromatic amines is 1. The molecule has 7 heteroatoms. The molecule has 0 radical (unpaired) electrons. The fraction of sp³-hybridized carbons (Fsp3) is 0. The molecule has 0 amide bonds. The first-order valence-electron chi connectivity index (χ1n) is 7.31. The quantitative estimate of drug-likeness (QED) is 0.533. The number of nitrogens with zero attached hydrogens (tertiary/aromatic N) is 2. The van der Waals surface area contributed by atoms with Crippen molar-refractivity contribution in [3.05, 3.63) is 71.3 Å². The summed E-state index contributed by atoms with van der Waals surface area (Å²) in [5, 5.41) is 6.31. The van der Waals surface area contributed by atoms with Crippen molar-refractivity contribution < 1.29 is 4.42 Å². The maximum Gasteiger partial charge on any atom is 0.417 e. The van der Waals surface area contributed by atoms with E-state index in [4.69, 9.17) is 4.42 Å². The summed E-state index contributed by atoms with van der Waals surface area (Å²) in [6.45, 7) is 0. The number of fused-ring (bicyclic) bond motifs is 1. The van der Waals surface area contributed by atoms with Crippen molar-refractivity contribution in [2.24, 2.45) is 0 Å². The van der Waals surface area contributed by atoms with Gasteiger partial charge in [0.25, 0.3) is 0 Å². The maximum absolute atomic E-state index is 11.2. The molecule has 2 aromatic heterocycles. The van der Waals surface area contributed by atoms with E-state index in [2.05, 4.69) is 25.6 Å². The average Bonchev–Trinajstić information content (AvgIpc) is 2.95. The third-order valence-electron chi connectivity index (χ3n) is 3.38. The monoisotopic (exact) mass is 319 g/mol. The molecule has 0 aliphatic carbocycles. The number of aromatic nitrogens is 3. The Balaban J connectivity index is 1.57. The first-order chi connectivity index (χ1) is 11.8. The molecular weight excluding hydrogens is 306 g/mol. The van der Waals surface area contributed by atoms with Crippen molar-refractivity contribution in [2.75, 3.05) is 10.6 Å². The molecule has 118 valence electrons. The lowest BCUT2D eigenvalue weighted by Gasteiger charge is -2.08. The highest BCUT2D eigenvalue weighted by Gasteiger charge is 2.04. The highest BCUT2D eigenvalue weighted by atomic mass is 16.4. The second-order valence-electron chi connectivity index (χ2n) is 5.11. The molecule has 0 bridgehead atoms. The molecule has 2 heterocycles. The van der Waals surface area contributed by atoms with Crippen molar-refractivity contribution in [3.63, 3.8) is 0 Å². The zero-order chi connectivity index (χ0) is 16.4. The van der Waals surface area contributed by atoms with E-state index in [1.54, 1.807) is 24.4 Å². The summed E-state index contributed by atoms with van der Waals surface area (Å²) < 4.78 is 4.98. The van der Waals surface area contributed by atoms with Gasteiger partial charge >= 0.3 is 5.76 Å². The molecular formula is C17H13N5O2. The van der Waals surface area contributed by atoms with E-state index in [1.807, 2.05) is 36.4 Å². The molecule has 2 aromatic carbocycles. The Bertz CT molecular complexity index is 1040. The van der Waals surface area contributed by atoms with Gasteiger partial charge in [0.05, 0.1) is 5.52 Å². The Morgan fingerprint density at radius 3 is 2.71 bits per heavy atom. The van der Waals surface area contributed by atoms with E-state index < -0.39 is 5.76 Å². The molecule has 0 fully saturated rings. The fourth-order valence-electron chi connectivity index (χ4n) is 2.32. The first kappa shape index (κ1) is 14.0. The van der Waals surface area contributed by atoms with Crippen molar-refractivity contribution in [1.82, 2.24) is 15.0 Å². The number of H-pyrrole nitrogens is 1. The third-order valence-corrected chi connectivity index (χ3v) is 3.38. The lowest BCUT2D eigenvalue weighted by atomic mass is 10.3. The van der Waals surface area contributed by atoms with Crippen LogP contribution in [0.15, 0.2) is 70.0 Å². The van der Waals surface area contributed by atoms with Gasteiger partial charge in [0.2, 0.25) is 5.95 Å². The van der Waals surface area contributed by atoms with Gasteiger partial charge in [-0.3, -0.25) is 4.98 Å². The second kappa shape index (κ2) is 5.88. The van der Waals surface area contributed by atoms with Gasteiger partial charge in [-0.25, -0.2) is 9.78 Å². The van der Waals surface area contributed by atoms with Crippen molar-refractivity contribution in [2.45, 2.75) is 0 Å². The molecule has 4 rings (SSSR count). The van der Waals surface area contributed by atoms with Crippen molar-refractivity contribution in [1.29, 1.82) is 0 Å². The van der Waals surface area contributed by atoms with Crippen LogP contribution in [0.3, 0.4) is 0 Å². The molecule has 0 unspecified atom stereocenters. The minimum atomic E-state index is -0.474. The van der Waals surface area contributed by atoms with Gasteiger partial charge in [0.15, 0.2) is 5.58 Å². The molecule has 0 spiro atoms. The predicted octanol–water partition coefficient (Wildman–Crippen LogP) is 3.40. The van der Waals surface area contributed by atoms with Gasteiger partial charge < -0.3 is 15.1 Å². The SMILES string of the molecule is O=c1[nH]c2cc(Nc3ccnc(Nc4ccccc4)n3)ccc2o1. The normalized spacial score (nSPS) is 10.7. The first-order valence-corrected chi connectivity index (χ1v) is 7.31. The molecule has 3 N–H and O–H groups in total. The van der Waals surface area contributed by atoms with Crippen LogP contribution in [0.4, 0.5) is 23.1 Å². The lowest BCUT2D eigenvalue weighted by molar-refractivity contribution is 0.555. The summed E-state index contributed by atoms with van der Waals surface area (Å²) in [6.07, 6.45) is 1.67. The zero-order valence-electron chi connectivity index (χ0n) is 12.5. The number of hydrogen-bond donors (Lipinski definition) is 3. The number of oxazole rings is 1. The molecule has 0 atom stereocenters. The molecule has 4 aromatic rings. The largest absolute Gasteiger partial charge is 0.417 e. The Morgan fingerprint density at radius 1 is 0.958 bits per heavy atom. The van der Waals surface area contributed by atoms with Crippen LogP contribution in [0.5, 0.6) is 0 Å². The number of rotatable bonds is 4. The number of hydrogen-bond acceptors (Lipinski definition) is 6. The third kappa shape index (κ3) is 2.95. The predicted molar refractivity (Wildman–Crippen MR) is 91.9 cm³/mol. The van der Waals surface area contributed by atoms with Crippen molar-refractivity contribution >= 4 is 34.2 Å². The van der Waals surface area contributed by atoms with Crippen molar-refractivity contribution in [3.8, 4) is 0 Å². The summed E-state index contributed by atoms with van der Waals surface area (Å²) in [5.41, 5.74) is 2.83. The topological polar surface area (TPSA) is 95.8 Å². The summed E-state index contributed by atoms with van der Waals surface area (Å²) >= 11 is 0. The highest BCUT2D eigenvalue weighted by molar-refractivity contribution is 5.78. The second-order valence-corrected chi connectivity index (χ2v) is 5.11. The molecule has 0 aliphatic rings. The zero-order valence-corrected chi connectivity index (χ0v) is 12.5. The summed E-state index contributed by atoms with van der Waals surface area (Å²) in [4.78, 5) is 22.5. The number of anilines is 4. The highest BCUT2D eigenvalue weighted by Crippen LogP contribution is 2.20. The van der Waals surface area contributed by atoms with E-state index in [1.165, 1.54) is 0 Å². The Hall–Kier alpha value is -3.61. The summed E-state index contributed by atoms with van der Waals surface area (Å²) in [7, 11) is 0. The van der Waals surface area contributed by atoms with Crippen LogP contribution in [-0.4, -0.2) is 15.0 Å². The van der Waals surface area contributed by atoms with Crippen LogP contribution in [0.25, 0.3) is 11.1 Å². The maximum atomic E-state index is 11.2. The lowest BCUT2D eigenvalue weighted by Crippen LogP contribution is -2.00. The number of benzene rings is 2. The Labute approximate surface area is 136 Å². The van der Waals surface area contributed by atoms with Gasteiger partial charge in [-0.05, 0) is 36.4 Å². The smallest absolute Gasteiger partial charge is 0.408 e. The summed E-state index contributed by atoms with van der Waals surface area (Å²) in [6, 6.07) is 16.8. The van der Waals surface area contributed by atoms with Crippen LogP contribution in [-0.2, 0) is 0 Å². The molecule has 0 saturated carbocycles. The Kier molecular flexibility index (Phi) is 3.43. The van der Waals surface area contributed by atoms with Crippen LogP contribution < -0.4 is 16.4 Å². The van der Waals surface area contributed by atoms with Gasteiger partial charge in [-0.1, -0.05) is 18.2 Å². The molecule has 7 nitrogen and oxygen atoms in total.